The predicted molar refractivity (Wildman–Crippen MR) is 84.4 cm³/mol. The van der Waals surface area contributed by atoms with Gasteiger partial charge in [0.2, 0.25) is 0 Å². The zero-order chi connectivity index (χ0) is 14.3. The van der Waals surface area contributed by atoms with Gasteiger partial charge in [-0.3, -0.25) is 4.90 Å². The monoisotopic (exact) mass is 262 g/mol. The third-order valence-corrected chi connectivity index (χ3v) is 4.45. The van der Waals surface area contributed by atoms with E-state index in [1.54, 1.807) is 0 Å². The highest BCUT2D eigenvalue weighted by molar-refractivity contribution is 5.15. The van der Waals surface area contributed by atoms with Gasteiger partial charge in [-0.1, -0.05) is 43.7 Å². The van der Waals surface area contributed by atoms with E-state index in [4.69, 9.17) is 5.73 Å². The molecule has 2 atom stereocenters. The Hall–Kier alpha value is -0.860. The van der Waals surface area contributed by atoms with Gasteiger partial charge in [0, 0.05) is 18.1 Å². The molecule has 1 rings (SSSR count). The number of aryl methyl sites for hydroxylation is 1. The Bertz CT molecular complexity index is 350. The Kier molecular flexibility index (Phi) is 6.53. The Morgan fingerprint density at radius 1 is 1.26 bits per heavy atom. The van der Waals surface area contributed by atoms with Crippen molar-refractivity contribution in [2.24, 2.45) is 5.73 Å². The van der Waals surface area contributed by atoms with Gasteiger partial charge in [0.05, 0.1) is 0 Å². The zero-order valence-electron chi connectivity index (χ0n) is 13.0. The quantitative estimate of drug-likeness (QED) is 0.777. The summed E-state index contributed by atoms with van der Waals surface area (Å²) in [7, 11) is 2.22. The lowest BCUT2D eigenvalue weighted by Crippen LogP contribution is -2.53. The minimum absolute atomic E-state index is 0.0877. The van der Waals surface area contributed by atoms with Gasteiger partial charge < -0.3 is 5.73 Å². The van der Waals surface area contributed by atoms with Crippen LogP contribution >= 0.6 is 0 Å². The minimum Gasteiger partial charge on any atom is -0.329 e. The molecule has 0 radical (unpaired) electrons. The van der Waals surface area contributed by atoms with E-state index < -0.39 is 0 Å². The van der Waals surface area contributed by atoms with Crippen LogP contribution in [0.1, 0.15) is 45.6 Å². The summed E-state index contributed by atoms with van der Waals surface area (Å²) < 4.78 is 0. The fourth-order valence-electron chi connectivity index (χ4n) is 2.62. The van der Waals surface area contributed by atoms with Gasteiger partial charge in [-0.2, -0.15) is 0 Å². The second kappa shape index (κ2) is 7.66. The van der Waals surface area contributed by atoms with E-state index in [0.717, 1.165) is 12.8 Å². The van der Waals surface area contributed by atoms with Crippen molar-refractivity contribution in [2.75, 3.05) is 13.6 Å². The average Bonchev–Trinajstić information content (AvgIpc) is 2.45. The molecule has 0 aromatic heterocycles. The first-order valence-corrected chi connectivity index (χ1v) is 7.50. The predicted octanol–water partition coefficient (Wildman–Crippen LogP) is 3.46. The van der Waals surface area contributed by atoms with Gasteiger partial charge in [-0.05, 0) is 45.7 Å². The van der Waals surface area contributed by atoms with Crippen LogP contribution in [0.5, 0.6) is 0 Å². The fraction of sp³-hybridized carbons (Fsp3) is 0.647. The van der Waals surface area contributed by atoms with Gasteiger partial charge in [0.15, 0.2) is 0 Å². The molecule has 108 valence electrons. The van der Waals surface area contributed by atoms with Gasteiger partial charge in [-0.25, -0.2) is 0 Å². The number of hydrogen-bond donors (Lipinski definition) is 1. The minimum atomic E-state index is 0.0877. The number of rotatable bonds is 8. The molecule has 1 aromatic rings. The highest BCUT2D eigenvalue weighted by Crippen LogP contribution is 2.23. The maximum Gasteiger partial charge on any atom is 0.0306 e. The van der Waals surface area contributed by atoms with Crippen molar-refractivity contribution in [3.8, 4) is 0 Å². The lowest BCUT2D eigenvalue weighted by molar-refractivity contribution is 0.0874. The van der Waals surface area contributed by atoms with E-state index in [9.17, 15) is 0 Å². The first-order chi connectivity index (χ1) is 9.03. The van der Waals surface area contributed by atoms with Crippen molar-refractivity contribution in [1.29, 1.82) is 0 Å². The summed E-state index contributed by atoms with van der Waals surface area (Å²) in [4.78, 5) is 2.47. The third-order valence-electron chi connectivity index (χ3n) is 4.45. The van der Waals surface area contributed by atoms with Crippen LogP contribution in [-0.4, -0.2) is 30.1 Å². The number of likely N-dealkylation sites (N-methyl/N-ethyl adjacent to an activating group) is 1. The van der Waals surface area contributed by atoms with Gasteiger partial charge in [0.25, 0.3) is 0 Å². The van der Waals surface area contributed by atoms with Crippen LogP contribution in [0.4, 0.5) is 0 Å². The second-order valence-electron chi connectivity index (χ2n) is 5.94. The lowest BCUT2D eigenvalue weighted by Gasteiger charge is -2.42. The number of hydrogen-bond acceptors (Lipinski definition) is 2. The SMILES string of the molecule is CCCC(C)N(C)C(C)(CN)CCc1ccccc1. The van der Waals surface area contributed by atoms with Crippen LogP contribution < -0.4 is 5.73 Å². The van der Waals surface area contributed by atoms with Crippen LogP contribution in [0, 0.1) is 0 Å². The summed E-state index contributed by atoms with van der Waals surface area (Å²) in [6, 6.07) is 11.3. The topological polar surface area (TPSA) is 29.3 Å². The van der Waals surface area contributed by atoms with Gasteiger partial charge in [-0.15, -0.1) is 0 Å². The molecule has 0 heterocycles. The van der Waals surface area contributed by atoms with Crippen LogP contribution in [0.25, 0.3) is 0 Å². The molecular formula is C17H30N2. The zero-order valence-corrected chi connectivity index (χ0v) is 13.0. The van der Waals surface area contributed by atoms with Crippen molar-refractivity contribution in [2.45, 2.75) is 58.0 Å². The molecule has 2 nitrogen and oxygen atoms in total. The first kappa shape index (κ1) is 16.2. The highest BCUT2D eigenvalue weighted by atomic mass is 15.2. The Morgan fingerprint density at radius 3 is 2.42 bits per heavy atom. The molecule has 1 aromatic carbocycles. The first-order valence-electron chi connectivity index (χ1n) is 7.50. The van der Waals surface area contributed by atoms with E-state index in [2.05, 4.69) is 63.1 Å². The van der Waals surface area contributed by atoms with Crippen LogP contribution in [0.2, 0.25) is 0 Å². The fourth-order valence-corrected chi connectivity index (χ4v) is 2.62. The summed E-state index contributed by atoms with van der Waals surface area (Å²) >= 11 is 0. The summed E-state index contributed by atoms with van der Waals surface area (Å²) in [5.41, 5.74) is 7.55. The Balaban J connectivity index is 2.64. The molecule has 0 aliphatic carbocycles. The molecule has 2 heteroatoms. The normalized spacial score (nSPS) is 16.3. The molecule has 2 unspecified atom stereocenters. The van der Waals surface area contributed by atoms with Crippen LogP contribution in [-0.2, 0) is 6.42 Å². The molecule has 19 heavy (non-hydrogen) atoms. The van der Waals surface area contributed by atoms with Crippen LogP contribution in [0.3, 0.4) is 0 Å². The van der Waals surface area contributed by atoms with Crippen molar-refractivity contribution in [3.63, 3.8) is 0 Å². The maximum absolute atomic E-state index is 6.06. The van der Waals surface area contributed by atoms with E-state index in [-0.39, 0.29) is 5.54 Å². The maximum atomic E-state index is 6.06. The molecule has 0 fully saturated rings. The molecular weight excluding hydrogens is 232 g/mol. The Labute approximate surface area is 119 Å². The smallest absolute Gasteiger partial charge is 0.0306 e. The summed E-state index contributed by atoms with van der Waals surface area (Å²) in [5, 5.41) is 0. The second-order valence-corrected chi connectivity index (χ2v) is 5.94. The third kappa shape index (κ3) is 4.63. The van der Waals surface area contributed by atoms with Crippen molar-refractivity contribution >= 4 is 0 Å². The molecule has 0 saturated carbocycles. The highest BCUT2D eigenvalue weighted by Gasteiger charge is 2.30. The average molecular weight is 262 g/mol. The lowest BCUT2D eigenvalue weighted by atomic mass is 9.90. The number of nitrogens with two attached hydrogens (primary N) is 1. The van der Waals surface area contributed by atoms with Crippen molar-refractivity contribution in [3.05, 3.63) is 35.9 Å². The summed E-state index contributed by atoms with van der Waals surface area (Å²) in [6.07, 6.45) is 4.66. The number of benzene rings is 1. The standard InChI is InChI=1S/C17H30N2/c1-5-9-15(2)19(4)17(3,14-18)13-12-16-10-7-6-8-11-16/h6-8,10-11,15H,5,9,12-14,18H2,1-4H3. The van der Waals surface area contributed by atoms with Crippen molar-refractivity contribution < 1.29 is 0 Å². The molecule has 0 saturated heterocycles. The molecule has 0 spiro atoms. The molecule has 0 aliphatic rings. The van der Waals surface area contributed by atoms with E-state index in [0.29, 0.717) is 12.6 Å². The molecule has 0 bridgehead atoms. The summed E-state index contributed by atoms with van der Waals surface area (Å²) in [5.74, 6) is 0. The summed E-state index contributed by atoms with van der Waals surface area (Å²) in [6.45, 7) is 7.56. The molecule has 2 N–H and O–H groups in total. The van der Waals surface area contributed by atoms with Gasteiger partial charge in [0.1, 0.15) is 0 Å². The Morgan fingerprint density at radius 2 is 1.89 bits per heavy atom. The van der Waals surface area contributed by atoms with E-state index in [1.807, 2.05) is 0 Å². The largest absolute Gasteiger partial charge is 0.329 e. The van der Waals surface area contributed by atoms with Gasteiger partial charge >= 0.3 is 0 Å². The number of nitrogens with zero attached hydrogens (tertiary/aromatic N) is 1. The van der Waals surface area contributed by atoms with Crippen LogP contribution in [0.15, 0.2) is 30.3 Å². The van der Waals surface area contributed by atoms with Crippen molar-refractivity contribution in [1.82, 2.24) is 4.90 Å². The molecule has 0 aliphatic heterocycles. The van der Waals surface area contributed by atoms with E-state index in [1.165, 1.54) is 18.4 Å². The molecule has 0 amide bonds. The van der Waals surface area contributed by atoms with E-state index >= 15 is 0 Å².